The first kappa shape index (κ1) is 18.0. The van der Waals surface area contributed by atoms with E-state index < -0.39 is 17.2 Å². The standard InChI is InChI=1S/C20H16ClFN2O2/c1-20(2,18-8-4-6-16(24-18)19(25)26)17-7-3-5-15(23-17)13-10-9-12(22)11-14(13)21/h3-11H,1-2H3,(H,25,26). The van der Waals surface area contributed by atoms with E-state index in [1.54, 1.807) is 24.3 Å². The van der Waals surface area contributed by atoms with Crippen molar-refractivity contribution < 1.29 is 14.3 Å². The van der Waals surface area contributed by atoms with Crippen LogP contribution in [-0.4, -0.2) is 21.0 Å². The van der Waals surface area contributed by atoms with Crippen molar-refractivity contribution in [1.29, 1.82) is 0 Å². The van der Waals surface area contributed by atoms with Gasteiger partial charge in [-0.3, -0.25) is 4.98 Å². The van der Waals surface area contributed by atoms with Gasteiger partial charge in [0, 0.05) is 11.0 Å². The first-order chi connectivity index (χ1) is 12.3. The molecule has 2 aromatic heterocycles. The van der Waals surface area contributed by atoms with Gasteiger partial charge >= 0.3 is 5.97 Å². The van der Waals surface area contributed by atoms with Crippen LogP contribution < -0.4 is 0 Å². The van der Waals surface area contributed by atoms with Gasteiger partial charge in [0.05, 0.1) is 22.1 Å². The predicted octanol–water partition coefficient (Wildman–Crippen LogP) is 4.96. The summed E-state index contributed by atoms with van der Waals surface area (Å²) < 4.78 is 13.3. The van der Waals surface area contributed by atoms with Crippen LogP contribution in [0.2, 0.25) is 5.02 Å². The van der Waals surface area contributed by atoms with Crippen LogP contribution in [0.25, 0.3) is 11.3 Å². The molecule has 1 N–H and O–H groups in total. The largest absolute Gasteiger partial charge is 0.477 e. The fraction of sp³-hybridized carbons (Fsp3) is 0.150. The summed E-state index contributed by atoms with van der Waals surface area (Å²) in [6.45, 7) is 3.83. The van der Waals surface area contributed by atoms with Crippen LogP contribution in [0.5, 0.6) is 0 Å². The Morgan fingerprint density at radius 2 is 1.69 bits per heavy atom. The van der Waals surface area contributed by atoms with Gasteiger partial charge in [-0.2, -0.15) is 0 Å². The van der Waals surface area contributed by atoms with E-state index >= 15 is 0 Å². The molecule has 3 aromatic rings. The van der Waals surface area contributed by atoms with Crippen molar-refractivity contribution in [1.82, 2.24) is 9.97 Å². The number of aromatic nitrogens is 2. The summed E-state index contributed by atoms with van der Waals surface area (Å²) in [6, 6.07) is 14.5. The van der Waals surface area contributed by atoms with Crippen molar-refractivity contribution in [2.24, 2.45) is 0 Å². The number of hydrogen-bond donors (Lipinski definition) is 1. The van der Waals surface area contributed by atoms with E-state index in [2.05, 4.69) is 9.97 Å². The Balaban J connectivity index is 2.06. The maximum atomic E-state index is 13.3. The van der Waals surface area contributed by atoms with Gasteiger partial charge in [-0.1, -0.05) is 23.7 Å². The molecule has 0 radical (unpaired) electrons. The van der Waals surface area contributed by atoms with Crippen LogP contribution in [0.15, 0.2) is 54.6 Å². The lowest BCUT2D eigenvalue weighted by atomic mass is 9.84. The Morgan fingerprint density at radius 1 is 1.04 bits per heavy atom. The first-order valence-electron chi connectivity index (χ1n) is 7.93. The van der Waals surface area contributed by atoms with E-state index in [0.717, 1.165) is 0 Å². The van der Waals surface area contributed by atoms with E-state index in [1.165, 1.54) is 18.2 Å². The lowest BCUT2D eigenvalue weighted by Crippen LogP contribution is -2.23. The molecule has 0 saturated carbocycles. The average Bonchev–Trinajstić information content (AvgIpc) is 2.62. The van der Waals surface area contributed by atoms with Gasteiger partial charge in [0.25, 0.3) is 0 Å². The highest BCUT2D eigenvalue weighted by Gasteiger charge is 2.27. The van der Waals surface area contributed by atoms with Crippen molar-refractivity contribution in [3.8, 4) is 11.3 Å². The summed E-state index contributed by atoms with van der Waals surface area (Å²) >= 11 is 6.15. The highest BCUT2D eigenvalue weighted by atomic mass is 35.5. The summed E-state index contributed by atoms with van der Waals surface area (Å²) in [7, 11) is 0. The van der Waals surface area contributed by atoms with Crippen molar-refractivity contribution >= 4 is 17.6 Å². The summed E-state index contributed by atoms with van der Waals surface area (Å²) in [5.74, 6) is -1.49. The average molecular weight is 371 g/mol. The second kappa shape index (κ2) is 6.84. The smallest absolute Gasteiger partial charge is 0.354 e. The Morgan fingerprint density at radius 3 is 2.35 bits per heavy atom. The number of carboxylic acid groups (broad SMARTS) is 1. The number of carbonyl (C=O) groups is 1. The summed E-state index contributed by atoms with van der Waals surface area (Å²) in [4.78, 5) is 20.1. The fourth-order valence-electron chi connectivity index (χ4n) is 2.66. The van der Waals surface area contributed by atoms with Crippen LogP contribution in [0.3, 0.4) is 0 Å². The summed E-state index contributed by atoms with van der Waals surface area (Å²) in [5.41, 5.74) is 1.87. The number of pyridine rings is 2. The van der Waals surface area contributed by atoms with Crippen molar-refractivity contribution in [2.75, 3.05) is 0 Å². The normalized spacial score (nSPS) is 11.4. The molecule has 0 spiro atoms. The molecule has 132 valence electrons. The number of aromatic carboxylic acids is 1. The predicted molar refractivity (Wildman–Crippen MR) is 98.0 cm³/mol. The summed E-state index contributed by atoms with van der Waals surface area (Å²) in [5, 5.41) is 9.44. The molecule has 0 atom stereocenters. The second-order valence-electron chi connectivity index (χ2n) is 6.37. The SMILES string of the molecule is CC(C)(c1cccc(C(=O)O)n1)c1cccc(-c2ccc(F)cc2Cl)n1. The first-order valence-corrected chi connectivity index (χ1v) is 8.30. The molecule has 2 heterocycles. The minimum Gasteiger partial charge on any atom is -0.477 e. The molecule has 6 heteroatoms. The molecule has 26 heavy (non-hydrogen) atoms. The van der Waals surface area contributed by atoms with Gasteiger partial charge in [-0.15, -0.1) is 0 Å². The molecule has 0 fully saturated rings. The zero-order chi connectivity index (χ0) is 18.9. The highest BCUT2D eigenvalue weighted by molar-refractivity contribution is 6.33. The molecule has 0 saturated heterocycles. The zero-order valence-electron chi connectivity index (χ0n) is 14.2. The number of halogens is 2. The van der Waals surface area contributed by atoms with Crippen LogP contribution in [0.4, 0.5) is 4.39 Å². The minimum absolute atomic E-state index is 0.0201. The quantitative estimate of drug-likeness (QED) is 0.705. The molecule has 0 unspecified atom stereocenters. The summed E-state index contributed by atoms with van der Waals surface area (Å²) in [6.07, 6.45) is 0. The molecule has 0 aliphatic rings. The topological polar surface area (TPSA) is 63.1 Å². The van der Waals surface area contributed by atoms with E-state index in [0.29, 0.717) is 22.6 Å². The van der Waals surface area contributed by atoms with Crippen molar-refractivity contribution in [3.05, 3.63) is 82.5 Å². The van der Waals surface area contributed by atoms with Crippen molar-refractivity contribution in [2.45, 2.75) is 19.3 Å². The maximum Gasteiger partial charge on any atom is 0.354 e. The molecule has 1 aromatic carbocycles. The van der Waals surface area contributed by atoms with E-state index in [-0.39, 0.29) is 10.7 Å². The van der Waals surface area contributed by atoms with Crippen LogP contribution in [0, 0.1) is 5.82 Å². The van der Waals surface area contributed by atoms with Gasteiger partial charge in [0.2, 0.25) is 0 Å². The van der Waals surface area contributed by atoms with Gasteiger partial charge in [0.1, 0.15) is 11.5 Å². The number of rotatable bonds is 4. The fourth-order valence-corrected chi connectivity index (χ4v) is 2.93. The monoisotopic (exact) mass is 370 g/mol. The number of carboxylic acids is 1. The molecule has 0 bridgehead atoms. The van der Waals surface area contributed by atoms with Crippen LogP contribution in [-0.2, 0) is 5.41 Å². The van der Waals surface area contributed by atoms with Crippen molar-refractivity contribution in [3.63, 3.8) is 0 Å². The van der Waals surface area contributed by atoms with E-state index in [1.807, 2.05) is 26.0 Å². The van der Waals surface area contributed by atoms with Gasteiger partial charge in [0.15, 0.2) is 0 Å². The third-order valence-corrected chi connectivity index (χ3v) is 4.52. The molecule has 4 nitrogen and oxygen atoms in total. The molecule has 0 aliphatic heterocycles. The Bertz CT molecular complexity index is 989. The third-order valence-electron chi connectivity index (χ3n) is 4.21. The maximum absolute atomic E-state index is 13.3. The number of hydrogen-bond acceptors (Lipinski definition) is 3. The lowest BCUT2D eigenvalue weighted by Gasteiger charge is -2.24. The molecule has 3 rings (SSSR count). The second-order valence-corrected chi connectivity index (χ2v) is 6.78. The Kier molecular flexibility index (Phi) is 4.74. The third kappa shape index (κ3) is 3.44. The molecule has 0 aliphatic carbocycles. The number of benzene rings is 1. The van der Waals surface area contributed by atoms with E-state index in [9.17, 15) is 9.18 Å². The number of nitrogens with zero attached hydrogens (tertiary/aromatic N) is 2. The zero-order valence-corrected chi connectivity index (χ0v) is 15.0. The van der Waals surface area contributed by atoms with Crippen LogP contribution in [0.1, 0.15) is 35.7 Å². The van der Waals surface area contributed by atoms with Crippen LogP contribution >= 0.6 is 11.6 Å². The highest BCUT2D eigenvalue weighted by Crippen LogP contribution is 2.32. The van der Waals surface area contributed by atoms with E-state index in [4.69, 9.17) is 16.7 Å². The van der Waals surface area contributed by atoms with Gasteiger partial charge < -0.3 is 5.11 Å². The lowest BCUT2D eigenvalue weighted by molar-refractivity contribution is 0.0690. The molecular weight excluding hydrogens is 355 g/mol. The Hall–Kier alpha value is -2.79. The van der Waals surface area contributed by atoms with Gasteiger partial charge in [-0.05, 0) is 56.3 Å². The van der Waals surface area contributed by atoms with Gasteiger partial charge in [-0.25, -0.2) is 14.2 Å². The Labute approximate surface area is 155 Å². The minimum atomic E-state index is -1.08. The molecular formula is C20H16ClFN2O2. The molecule has 0 amide bonds.